The van der Waals surface area contributed by atoms with E-state index in [9.17, 15) is 4.79 Å². The molecule has 1 saturated heterocycles. The number of piperazine rings is 1. The van der Waals surface area contributed by atoms with Gasteiger partial charge < -0.3 is 24.0 Å². The minimum absolute atomic E-state index is 0.0128. The number of hydrogen-bond acceptors (Lipinski definition) is 5. The maximum atomic E-state index is 12.4. The lowest BCUT2D eigenvalue weighted by atomic mass is 10.2. The average molecular weight is 356 g/mol. The highest BCUT2D eigenvalue weighted by Crippen LogP contribution is 2.26. The Morgan fingerprint density at radius 1 is 0.923 bits per heavy atom. The van der Waals surface area contributed by atoms with Crippen LogP contribution in [0.25, 0.3) is 0 Å². The molecule has 0 radical (unpaired) electrons. The largest absolute Gasteiger partial charge is 0.497 e. The number of carbonyl (C=O) groups is 1. The number of hydrogen-bond donors (Lipinski definition) is 0. The molecule has 26 heavy (non-hydrogen) atoms. The van der Waals surface area contributed by atoms with Crippen molar-refractivity contribution < 1.29 is 19.0 Å². The predicted octanol–water partition coefficient (Wildman–Crippen LogP) is 2.43. The van der Waals surface area contributed by atoms with Crippen molar-refractivity contribution in [2.24, 2.45) is 0 Å². The van der Waals surface area contributed by atoms with E-state index in [0.717, 1.165) is 24.5 Å². The van der Waals surface area contributed by atoms with Crippen LogP contribution < -0.4 is 19.1 Å². The first-order valence-corrected chi connectivity index (χ1v) is 8.64. The van der Waals surface area contributed by atoms with Gasteiger partial charge in [0.05, 0.1) is 14.2 Å². The van der Waals surface area contributed by atoms with E-state index in [4.69, 9.17) is 14.2 Å². The Morgan fingerprint density at radius 2 is 1.65 bits per heavy atom. The molecule has 1 aliphatic heterocycles. The minimum atomic E-state index is -0.0128. The highest BCUT2D eigenvalue weighted by atomic mass is 16.5. The van der Waals surface area contributed by atoms with Crippen molar-refractivity contribution in [3.8, 4) is 17.2 Å². The van der Waals surface area contributed by atoms with Crippen LogP contribution >= 0.6 is 0 Å². The lowest BCUT2D eigenvalue weighted by Gasteiger charge is -2.36. The third kappa shape index (κ3) is 4.20. The van der Waals surface area contributed by atoms with Crippen LogP contribution in [0.4, 0.5) is 5.69 Å². The van der Waals surface area contributed by atoms with Gasteiger partial charge in [0.15, 0.2) is 18.1 Å². The van der Waals surface area contributed by atoms with Crippen LogP contribution in [0.5, 0.6) is 17.2 Å². The topological polar surface area (TPSA) is 51.2 Å². The average Bonchev–Trinajstić information content (AvgIpc) is 2.72. The Kier molecular flexibility index (Phi) is 5.84. The standard InChI is InChI=1S/C20H24N2O4/c1-24-17-7-5-6-16(14-17)21-10-12-22(13-11-21)20(23)15-26-19-9-4-3-8-18(19)25-2/h3-9,14H,10-13,15H2,1-2H3. The third-order valence-corrected chi connectivity index (χ3v) is 4.47. The summed E-state index contributed by atoms with van der Waals surface area (Å²) in [6.45, 7) is 2.93. The molecular formula is C20H24N2O4. The van der Waals surface area contributed by atoms with Crippen molar-refractivity contribution in [1.82, 2.24) is 4.90 Å². The molecule has 2 aromatic carbocycles. The maximum Gasteiger partial charge on any atom is 0.260 e. The van der Waals surface area contributed by atoms with Gasteiger partial charge in [0.25, 0.3) is 5.91 Å². The van der Waals surface area contributed by atoms with Gasteiger partial charge >= 0.3 is 0 Å². The summed E-state index contributed by atoms with van der Waals surface area (Å²) in [4.78, 5) is 16.5. The monoisotopic (exact) mass is 356 g/mol. The van der Waals surface area contributed by atoms with E-state index in [2.05, 4.69) is 11.0 Å². The Hall–Kier alpha value is -2.89. The van der Waals surface area contributed by atoms with Crippen LogP contribution in [-0.4, -0.2) is 57.8 Å². The zero-order valence-electron chi connectivity index (χ0n) is 15.2. The summed E-state index contributed by atoms with van der Waals surface area (Å²) < 4.78 is 16.2. The zero-order chi connectivity index (χ0) is 18.4. The first-order valence-electron chi connectivity index (χ1n) is 8.64. The molecule has 1 aliphatic rings. The van der Waals surface area contributed by atoms with Crippen molar-refractivity contribution >= 4 is 11.6 Å². The molecule has 2 aromatic rings. The van der Waals surface area contributed by atoms with E-state index in [1.807, 2.05) is 41.3 Å². The molecule has 0 atom stereocenters. The molecule has 1 fully saturated rings. The fourth-order valence-electron chi connectivity index (χ4n) is 2.99. The molecule has 0 N–H and O–H groups in total. The van der Waals surface area contributed by atoms with Gasteiger partial charge in [0.1, 0.15) is 5.75 Å². The molecule has 1 amide bonds. The van der Waals surface area contributed by atoms with Gasteiger partial charge in [-0.3, -0.25) is 4.79 Å². The highest BCUT2D eigenvalue weighted by Gasteiger charge is 2.22. The van der Waals surface area contributed by atoms with Crippen LogP contribution in [0.2, 0.25) is 0 Å². The van der Waals surface area contributed by atoms with Gasteiger partial charge in [-0.25, -0.2) is 0 Å². The minimum Gasteiger partial charge on any atom is -0.497 e. The smallest absolute Gasteiger partial charge is 0.260 e. The van der Waals surface area contributed by atoms with Gasteiger partial charge in [-0.2, -0.15) is 0 Å². The summed E-state index contributed by atoms with van der Waals surface area (Å²) >= 11 is 0. The second-order valence-corrected chi connectivity index (χ2v) is 6.01. The van der Waals surface area contributed by atoms with Gasteiger partial charge in [0.2, 0.25) is 0 Å². The SMILES string of the molecule is COc1cccc(N2CCN(C(=O)COc3ccccc3OC)CC2)c1. The first kappa shape index (κ1) is 17.9. The quantitative estimate of drug-likeness (QED) is 0.796. The summed E-state index contributed by atoms with van der Waals surface area (Å²) in [6, 6.07) is 15.3. The molecule has 0 aromatic heterocycles. The summed E-state index contributed by atoms with van der Waals surface area (Å²) in [7, 11) is 3.25. The molecule has 6 nitrogen and oxygen atoms in total. The van der Waals surface area contributed by atoms with Gasteiger partial charge in [0, 0.05) is 37.9 Å². The third-order valence-electron chi connectivity index (χ3n) is 4.47. The summed E-state index contributed by atoms with van der Waals surface area (Å²) in [5, 5.41) is 0. The van der Waals surface area contributed by atoms with Crippen molar-refractivity contribution in [3.63, 3.8) is 0 Å². The number of carbonyl (C=O) groups excluding carboxylic acids is 1. The number of para-hydroxylation sites is 2. The van der Waals surface area contributed by atoms with Crippen molar-refractivity contribution in [2.75, 3.05) is 51.9 Å². The fourth-order valence-corrected chi connectivity index (χ4v) is 2.99. The molecule has 6 heteroatoms. The zero-order valence-corrected chi connectivity index (χ0v) is 15.2. The van der Waals surface area contributed by atoms with Gasteiger partial charge in [-0.1, -0.05) is 18.2 Å². The first-order chi connectivity index (χ1) is 12.7. The molecule has 0 unspecified atom stereocenters. The van der Waals surface area contributed by atoms with E-state index in [-0.39, 0.29) is 12.5 Å². The van der Waals surface area contributed by atoms with Crippen LogP contribution in [0.3, 0.4) is 0 Å². The van der Waals surface area contributed by atoms with Crippen molar-refractivity contribution in [2.45, 2.75) is 0 Å². The molecule has 0 spiro atoms. The molecule has 3 rings (SSSR count). The van der Waals surface area contributed by atoms with E-state index in [1.54, 1.807) is 20.3 Å². The summed E-state index contributed by atoms with van der Waals surface area (Å²) in [6.07, 6.45) is 0. The molecule has 0 saturated carbocycles. The lowest BCUT2D eigenvalue weighted by Crippen LogP contribution is -2.50. The van der Waals surface area contributed by atoms with Crippen LogP contribution in [-0.2, 0) is 4.79 Å². The second-order valence-electron chi connectivity index (χ2n) is 6.01. The van der Waals surface area contributed by atoms with Crippen molar-refractivity contribution in [3.05, 3.63) is 48.5 Å². The second kappa shape index (κ2) is 8.47. The Bertz CT molecular complexity index is 742. The van der Waals surface area contributed by atoms with E-state index >= 15 is 0 Å². The van der Waals surface area contributed by atoms with Crippen LogP contribution in [0.15, 0.2) is 48.5 Å². The Balaban J connectivity index is 1.52. The van der Waals surface area contributed by atoms with E-state index in [1.165, 1.54) is 0 Å². The molecule has 0 bridgehead atoms. The number of methoxy groups -OCH3 is 2. The number of amides is 1. The molecular weight excluding hydrogens is 332 g/mol. The van der Waals surface area contributed by atoms with E-state index in [0.29, 0.717) is 24.6 Å². The molecule has 138 valence electrons. The number of benzene rings is 2. The summed E-state index contributed by atoms with van der Waals surface area (Å²) in [5.74, 6) is 2.04. The van der Waals surface area contributed by atoms with Gasteiger partial charge in [-0.05, 0) is 24.3 Å². The normalized spacial score (nSPS) is 14.1. The lowest BCUT2D eigenvalue weighted by molar-refractivity contribution is -0.133. The summed E-state index contributed by atoms with van der Waals surface area (Å²) in [5.41, 5.74) is 1.11. The van der Waals surface area contributed by atoms with E-state index < -0.39 is 0 Å². The maximum absolute atomic E-state index is 12.4. The van der Waals surface area contributed by atoms with Gasteiger partial charge in [-0.15, -0.1) is 0 Å². The highest BCUT2D eigenvalue weighted by molar-refractivity contribution is 5.78. The number of ether oxygens (including phenoxy) is 3. The number of rotatable bonds is 6. The Morgan fingerprint density at radius 3 is 2.35 bits per heavy atom. The number of anilines is 1. The predicted molar refractivity (Wildman–Crippen MR) is 100 cm³/mol. The van der Waals surface area contributed by atoms with Crippen LogP contribution in [0, 0.1) is 0 Å². The van der Waals surface area contributed by atoms with Crippen LogP contribution in [0.1, 0.15) is 0 Å². The Labute approximate surface area is 153 Å². The fraction of sp³-hybridized carbons (Fsp3) is 0.350. The van der Waals surface area contributed by atoms with Crippen molar-refractivity contribution in [1.29, 1.82) is 0 Å². The number of nitrogens with zero attached hydrogens (tertiary/aromatic N) is 2. The molecule has 0 aliphatic carbocycles. The molecule has 1 heterocycles.